The average Bonchev–Trinajstić information content (AvgIpc) is 2.87. The van der Waals surface area contributed by atoms with Gasteiger partial charge in [-0.25, -0.2) is 9.67 Å². The molecule has 0 spiro atoms. The second kappa shape index (κ2) is 7.90. The van der Waals surface area contributed by atoms with Crippen LogP contribution < -0.4 is 0 Å². The summed E-state index contributed by atoms with van der Waals surface area (Å²) in [4.78, 5) is 7.30. The van der Waals surface area contributed by atoms with Crippen molar-refractivity contribution in [3.05, 3.63) is 11.6 Å². The van der Waals surface area contributed by atoms with Crippen LogP contribution in [0, 0.1) is 5.92 Å². The maximum atomic E-state index is 5.45. The fourth-order valence-electron chi connectivity index (χ4n) is 2.76. The third-order valence-electron chi connectivity index (χ3n) is 4.03. The fourth-order valence-corrected chi connectivity index (χ4v) is 2.76. The number of hydrogen-bond donors (Lipinski definition) is 0. The van der Waals surface area contributed by atoms with Crippen molar-refractivity contribution in [2.75, 3.05) is 26.3 Å². The minimum Gasteiger partial charge on any atom is -0.379 e. The van der Waals surface area contributed by atoms with Gasteiger partial charge < -0.3 is 4.74 Å². The van der Waals surface area contributed by atoms with E-state index in [-0.39, 0.29) is 0 Å². The number of nitrogens with zero attached hydrogens (tertiary/aromatic N) is 4. The molecule has 0 unspecified atom stereocenters. The standard InChI is InChI=1S/C16H30N4O/c1-5-6-7-20-16(17-15(18-20)12-13(2)3)14(4)19-8-10-21-11-9-19/h13-14H,5-12H2,1-4H3/t14-/m1/s1. The molecule has 5 heteroatoms. The second-order valence-electron chi connectivity index (χ2n) is 6.39. The molecule has 0 aromatic carbocycles. The van der Waals surface area contributed by atoms with Crippen LogP contribution in [0.2, 0.25) is 0 Å². The first kappa shape index (κ1) is 16.4. The molecule has 1 aromatic heterocycles. The van der Waals surface area contributed by atoms with Crippen molar-refractivity contribution in [1.29, 1.82) is 0 Å². The highest BCUT2D eigenvalue weighted by molar-refractivity contribution is 5.00. The van der Waals surface area contributed by atoms with Crippen LogP contribution in [0.25, 0.3) is 0 Å². The number of morpholine rings is 1. The number of aromatic nitrogens is 3. The molecule has 1 aliphatic rings. The number of unbranched alkanes of at least 4 members (excludes halogenated alkanes) is 1. The molecule has 1 aromatic rings. The van der Waals surface area contributed by atoms with Gasteiger partial charge in [-0.15, -0.1) is 0 Å². The SMILES string of the molecule is CCCCn1nc(CC(C)C)nc1[C@@H](C)N1CCOCC1. The van der Waals surface area contributed by atoms with Crippen molar-refractivity contribution in [3.8, 4) is 0 Å². The van der Waals surface area contributed by atoms with Crippen LogP contribution in [-0.4, -0.2) is 46.0 Å². The first-order chi connectivity index (χ1) is 10.1. The monoisotopic (exact) mass is 294 g/mol. The lowest BCUT2D eigenvalue weighted by atomic mass is 10.1. The molecule has 0 N–H and O–H groups in total. The van der Waals surface area contributed by atoms with E-state index in [9.17, 15) is 0 Å². The van der Waals surface area contributed by atoms with Crippen LogP contribution in [0.3, 0.4) is 0 Å². The minimum atomic E-state index is 0.319. The van der Waals surface area contributed by atoms with Gasteiger partial charge in [0.05, 0.1) is 19.3 Å². The molecule has 2 heterocycles. The summed E-state index contributed by atoms with van der Waals surface area (Å²) in [6, 6.07) is 0.319. The third-order valence-corrected chi connectivity index (χ3v) is 4.03. The van der Waals surface area contributed by atoms with E-state index < -0.39 is 0 Å². The van der Waals surface area contributed by atoms with E-state index in [1.54, 1.807) is 0 Å². The minimum absolute atomic E-state index is 0.319. The van der Waals surface area contributed by atoms with Crippen LogP contribution in [0.5, 0.6) is 0 Å². The molecule has 0 aliphatic carbocycles. The molecule has 0 bridgehead atoms. The first-order valence-electron chi connectivity index (χ1n) is 8.37. The van der Waals surface area contributed by atoms with Crippen LogP contribution in [0.1, 0.15) is 58.2 Å². The second-order valence-corrected chi connectivity index (χ2v) is 6.39. The predicted molar refractivity (Wildman–Crippen MR) is 84.3 cm³/mol. The maximum absolute atomic E-state index is 5.45. The molecule has 0 saturated carbocycles. The van der Waals surface area contributed by atoms with E-state index in [4.69, 9.17) is 14.8 Å². The third kappa shape index (κ3) is 4.51. The summed E-state index contributed by atoms with van der Waals surface area (Å²) in [6.07, 6.45) is 3.31. The fraction of sp³-hybridized carbons (Fsp3) is 0.875. The molecule has 21 heavy (non-hydrogen) atoms. The van der Waals surface area contributed by atoms with Gasteiger partial charge in [0.25, 0.3) is 0 Å². The average molecular weight is 294 g/mol. The molecule has 5 nitrogen and oxygen atoms in total. The van der Waals surface area contributed by atoms with Gasteiger partial charge in [0.2, 0.25) is 0 Å². The molecule has 1 aliphatic heterocycles. The van der Waals surface area contributed by atoms with Crippen molar-refractivity contribution in [2.24, 2.45) is 5.92 Å². The van der Waals surface area contributed by atoms with Gasteiger partial charge >= 0.3 is 0 Å². The van der Waals surface area contributed by atoms with Crippen molar-refractivity contribution in [3.63, 3.8) is 0 Å². The Kier molecular flexibility index (Phi) is 6.18. The molecular weight excluding hydrogens is 264 g/mol. The zero-order chi connectivity index (χ0) is 15.2. The molecular formula is C16H30N4O. The Morgan fingerprint density at radius 2 is 1.90 bits per heavy atom. The first-order valence-corrected chi connectivity index (χ1v) is 8.37. The summed E-state index contributed by atoms with van der Waals surface area (Å²) in [7, 11) is 0. The summed E-state index contributed by atoms with van der Waals surface area (Å²) in [5.41, 5.74) is 0. The molecule has 1 atom stereocenters. The molecule has 0 amide bonds. The lowest BCUT2D eigenvalue weighted by Crippen LogP contribution is -2.39. The van der Waals surface area contributed by atoms with Gasteiger partial charge in [0, 0.05) is 26.1 Å². The van der Waals surface area contributed by atoms with Crippen molar-refractivity contribution >= 4 is 0 Å². The summed E-state index contributed by atoms with van der Waals surface area (Å²) in [5, 5.41) is 4.75. The topological polar surface area (TPSA) is 43.2 Å². The lowest BCUT2D eigenvalue weighted by molar-refractivity contribution is 0.0172. The smallest absolute Gasteiger partial charge is 0.151 e. The number of hydrogen-bond acceptors (Lipinski definition) is 4. The molecule has 1 saturated heterocycles. The molecule has 120 valence electrons. The van der Waals surface area contributed by atoms with E-state index in [1.165, 1.54) is 6.42 Å². The maximum Gasteiger partial charge on any atom is 0.151 e. The van der Waals surface area contributed by atoms with Crippen LogP contribution >= 0.6 is 0 Å². The Bertz CT molecular complexity index is 424. The zero-order valence-corrected chi connectivity index (χ0v) is 14.0. The number of rotatable bonds is 7. The summed E-state index contributed by atoms with van der Waals surface area (Å²) >= 11 is 0. The Morgan fingerprint density at radius 3 is 2.52 bits per heavy atom. The molecule has 1 fully saturated rings. The number of aryl methyl sites for hydroxylation is 1. The molecule has 0 radical (unpaired) electrons. The van der Waals surface area contributed by atoms with Gasteiger partial charge in [0.15, 0.2) is 5.82 Å². The Balaban J connectivity index is 2.15. The highest BCUT2D eigenvalue weighted by atomic mass is 16.5. The molecule has 2 rings (SSSR count). The lowest BCUT2D eigenvalue weighted by Gasteiger charge is -2.31. The van der Waals surface area contributed by atoms with E-state index in [0.717, 1.165) is 57.3 Å². The Morgan fingerprint density at radius 1 is 1.19 bits per heavy atom. The van der Waals surface area contributed by atoms with Crippen molar-refractivity contribution in [1.82, 2.24) is 19.7 Å². The summed E-state index contributed by atoms with van der Waals surface area (Å²) in [6.45, 7) is 13.5. The van der Waals surface area contributed by atoms with E-state index in [1.807, 2.05) is 0 Å². The zero-order valence-electron chi connectivity index (χ0n) is 14.0. The Labute approximate surface area is 128 Å². The van der Waals surface area contributed by atoms with Gasteiger partial charge in [0.1, 0.15) is 5.82 Å². The quantitative estimate of drug-likeness (QED) is 0.775. The summed E-state index contributed by atoms with van der Waals surface area (Å²) < 4.78 is 7.59. The van der Waals surface area contributed by atoms with Crippen LogP contribution in [0.15, 0.2) is 0 Å². The van der Waals surface area contributed by atoms with E-state index in [0.29, 0.717) is 12.0 Å². The van der Waals surface area contributed by atoms with Gasteiger partial charge in [-0.05, 0) is 19.3 Å². The van der Waals surface area contributed by atoms with Gasteiger partial charge in [-0.1, -0.05) is 27.2 Å². The predicted octanol–water partition coefficient (Wildman–Crippen LogP) is 2.67. The van der Waals surface area contributed by atoms with E-state index in [2.05, 4.69) is 37.3 Å². The Hall–Kier alpha value is -0.940. The van der Waals surface area contributed by atoms with Crippen LogP contribution in [0.4, 0.5) is 0 Å². The summed E-state index contributed by atoms with van der Waals surface area (Å²) in [5.74, 6) is 2.72. The largest absolute Gasteiger partial charge is 0.379 e. The number of ether oxygens (including phenoxy) is 1. The van der Waals surface area contributed by atoms with Crippen LogP contribution in [-0.2, 0) is 17.7 Å². The van der Waals surface area contributed by atoms with Crippen molar-refractivity contribution < 1.29 is 4.74 Å². The van der Waals surface area contributed by atoms with E-state index >= 15 is 0 Å². The highest BCUT2D eigenvalue weighted by Gasteiger charge is 2.24. The van der Waals surface area contributed by atoms with Gasteiger partial charge in [-0.2, -0.15) is 5.10 Å². The normalized spacial score (nSPS) is 18.3. The highest BCUT2D eigenvalue weighted by Crippen LogP contribution is 2.21. The van der Waals surface area contributed by atoms with Crippen molar-refractivity contribution in [2.45, 2.75) is 59.5 Å². The van der Waals surface area contributed by atoms with Gasteiger partial charge in [-0.3, -0.25) is 4.90 Å².